The Labute approximate surface area is 61.7 Å². The predicted molar refractivity (Wildman–Crippen MR) is 38.9 cm³/mol. The molecule has 0 aromatic carbocycles. The first kappa shape index (κ1) is 9.88. The summed E-state index contributed by atoms with van der Waals surface area (Å²) in [6, 6.07) is 0. The van der Waals surface area contributed by atoms with E-state index < -0.39 is 15.5 Å². The molecule has 0 saturated carbocycles. The highest BCUT2D eigenvalue weighted by molar-refractivity contribution is 7.86. The Kier molecular flexibility index (Phi) is 3.28. The summed E-state index contributed by atoms with van der Waals surface area (Å²) >= 11 is 0. The lowest BCUT2D eigenvalue weighted by molar-refractivity contribution is 0.505. The van der Waals surface area contributed by atoms with E-state index in [-0.39, 0.29) is 5.92 Å². The van der Waals surface area contributed by atoms with Crippen molar-refractivity contribution in [2.75, 3.05) is 0 Å². The van der Waals surface area contributed by atoms with E-state index in [0.717, 1.165) is 0 Å². The maximum atomic E-state index is 12.1. The first-order valence-corrected chi connectivity index (χ1v) is 4.72. The summed E-state index contributed by atoms with van der Waals surface area (Å²) in [5.41, 5.74) is 0. The molecule has 0 aromatic rings. The Morgan fingerprint density at radius 2 is 1.70 bits per heavy atom. The normalized spacial score (nSPS) is 15.7. The maximum absolute atomic E-state index is 12.1. The third-order valence-electron chi connectivity index (χ3n) is 1.28. The van der Waals surface area contributed by atoms with Gasteiger partial charge in [0.1, 0.15) is 0 Å². The van der Waals surface area contributed by atoms with Gasteiger partial charge in [0, 0.05) is 0 Å². The summed E-state index contributed by atoms with van der Waals surface area (Å²) in [7, 11) is -4.30. The van der Waals surface area contributed by atoms with Crippen LogP contribution in [0.15, 0.2) is 0 Å². The van der Waals surface area contributed by atoms with E-state index in [2.05, 4.69) is 0 Å². The summed E-state index contributed by atoms with van der Waals surface area (Å²) in [5, 5.41) is -0.854. The molecule has 1 atom stereocenters. The Balaban J connectivity index is 3.99. The summed E-state index contributed by atoms with van der Waals surface area (Å²) < 4.78 is 32.5. The molecule has 0 radical (unpaired) electrons. The third kappa shape index (κ3) is 3.82. The standard InChI is InChI=1S/C6H13FO2S/c1-5(2)4-6(3)10(7,8)9/h5-6H,4H2,1-3H3/t6-/m0/s1. The van der Waals surface area contributed by atoms with Crippen molar-refractivity contribution in [1.82, 2.24) is 0 Å². The van der Waals surface area contributed by atoms with Crippen LogP contribution in [0.25, 0.3) is 0 Å². The summed E-state index contributed by atoms with van der Waals surface area (Å²) in [6.07, 6.45) is 0.388. The molecule has 0 amide bonds. The van der Waals surface area contributed by atoms with Gasteiger partial charge in [0.25, 0.3) is 0 Å². The molecule has 0 saturated heterocycles. The second-order valence-electron chi connectivity index (χ2n) is 2.92. The van der Waals surface area contributed by atoms with Crippen LogP contribution in [0, 0.1) is 5.92 Å². The fourth-order valence-electron chi connectivity index (χ4n) is 0.779. The lowest BCUT2D eigenvalue weighted by Gasteiger charge is -2.07. The highest BCUT2D eigenvalue weighted by atomic mass is 32.3. The van der Waals surface area contributed by atoms with Crippen LogP contribution in [-0.4, -0.2) is 13.7 Å². The Bertz CT molecular complexity index is 184. The summed E-state index contributed by atoms with van der Waals surface area (Å²) in [4.78, 5) is 0. The minimum atomic E-state index is -4.30. The van der Waals surface area contributed by atoms with E-state index >= 15 is 0 Å². The zero-order valence-corrected chi connectivity index (χ0v) is 7.28. The fourth-order valence-corrected chi connectivity index (χ4v) is 1.39. The molecular formula is C6H13FO2S. The van der Waals surface area contributed by atoms with E-state index in [4.69, 9.17) is 0 Å². The van der Waals surface area contributed by atoms with Crippen LogP contribution < -0.4 is 0 Å². The second-order valence-corrected chi connectivity index (χ2v) is 4.67. The van der Waals surface area contributed by atoms with Crippen LogP contribution in [0.3, 0.4) is 0 Å². The van der Waals surface area contributed by atoms with E-state index in [1.807, 2.05) is 13.8 Å². The quantitative estimate of drug-likeness (QED) is 0.601. The van der Waals surface area contributed by atoms with Gasteiger partial charge in [-0.05, 0) is 19.3 Å². The van der Waals surface area contributed by atoms with Crippen molar-refractivity contribution in [2.45, 2.75) is 32.4 Å². The van der Waals surface area contributed by atoms with E-state index in [0.29, 0.717) is 6.42 Å². The van der Waals surface area contributed by atoms with Gasteiger partial charge in [0.05, 0.1) is 5.25 Å². The van der Waals surface area contributed by atoms with Crippen molar-refractivity contribution in [3.05, 3.63) is 0 Å². The second kappa shape index (κ2) is 3.32. The molecule has 0 aromatic heterocycles. The lowest BCUT2D eigenvalue weighted by atomic mass is 10.1. The number of hydrogen-bond donors (Lipinski definition) is 0. The van der Waals surface area contributed by atoms with Gasteiger partial charge in [-0.3, -0.25) is 0 Å². The van der Waals surface area contributed by atoms with Crippen LogP contribution in [-0.2, 0) is 10.2 Å². The maximum Gasteiger partial charge on any atom is 0.305 e. The predicted octanol–water partition coefficient (Wildman–Crippen LogP) is 1.72. The zero-order chi connectivity index (χ0) is 8.36. The molecule has 2 nitrogen and oxygen atoms in total. The Hall–Kier alpha value is -0.120. The summed E-state index contributed by atoms with van der Waals surface area (Å²) in [5.74, 6) is 0.223. The van der Waals surface area contributed by atoms with Crippen molar-refractivity contribution < 1.29 is 12.3 Å². The molecule has 10 heavy (non-hydrogen) atoms. The molecule has 4 heteroatoms. The van der Waals surface area contributed by atoms with Crippen LogP contribution in [0.1, 0.15) is 27.2 Å². The number of rotatable bonds is 3. The molecule has 0 aliphatic heterocycles. The third-order valence-corrected chi connectivity index (χ3v) is 2.44. The van der Waals surface area contributed by atoms with Gasteiger partial charge in [-0.25, -0.2) is 0 Å². The van der Waals surface area contributed by atoms with E-state index in [9.17, 15) is 12.3 Å². The van der Waals surface area contributed by atoms with Crippen LogP contribution in [0.2, 0.25) is 0 Å². The van der Waals surface area contributed by atoms with Gasteiger partial charge >= 0.3 is 10.2 Å². The molecule has 0 heterocycles. The number of halogens is 1. The molecule has 0 aliphatic carbocycles. The van der Waals surface area contributed by atoms with E-state index in [1.54, 1.807) is 0 Å². The molecular weight excluding hydrogens is 155 g/mol. The van der Waals surface area contributed by atoms with Crippen LogP contribution in [0.4, 0.5) is 3.89 Å². The van der Waals surface area contributed by atoms with Gasteiger partial charge in [-0.2, -0.15) is 8.42 Å². The van der Waals surface area contributed by atoms with Crippen LogP contribution >= 0.6 is 0 Å². The van der Waals surface area contributed by atoms with Gasteiger partial charge in [-0.15, -0.1) is 3.89 Å². The highest BCUT2D eigenvalue weighted by Crippen LogP contribution is 2.13. The average molecular weight is 168 g/mol. The molecule has 0 N–H and O–H groups in total. The Morgan fingerprint density at radius 3 is 1.80 bits per heavy atom. The minimum Gasteiger partial charge on any atom is -0.195 e. The molecule has 0 unspecified atom stereocenters. The van der Waals surface area contributed by atoms with Crippen LogP contribution in [0.5, 0.6) is 0 Å². The minimum absolute atomic E-state index is 0.223. The van der Waals surface area contributed by atoms with Gasteiger partial charge in [0.2, 0.25) is 0 Å². The highest BCUT2D eigenvalue weighted by Gasteiger charge is 2.19. The average Bonchev–Trinajstić information content (AvgIpc) is 1.60. The zero-order valence-electron chi connectivity index (χ0n) is 6.46. The van der Waals surface area contributed by atoms with Gasteiger partial charge < -0.3 is 0 Å². The van der Waals surface area contributed by atoms with Crippen molar-refractivity contribution in [3.63, 3.8) is 0 Å². The summed E-state index contributed by atoms with van der Waals surface area (Å²) in [6.45, 7) is 5.11. The smallest absolute Gasteiger partial charge is 0.195 e. The van der Waals surface area contributed by atoms with Gasteiger partial charge in [-0.1, -0.05) is 13.8 Å². The van der Waals surface area contributed by atoms with Gasteiger partial charge in [0.15, 0.2) is 0 Å². The SMILES string of the molecule is CC(C)C[C@H](C)S(=O)(=O)F. The molecule has 0 rings (SSSR count). The molecule has 0 bridgehead atoms. The largest absolute Gasteiger partial charge is 0.305 e. The van der Waals surface area contributed by atoms with E-state index in [1.165, 1.54) is 6.92 Å². The first-order valence-electron chi connectivity index (χ1n) is 3.27. The molecule has 62 valence electrons. The molecule has 0 fully saturated rings. The number of hydrogen-bond acceptors (Lipinski definition) is 2. The van der Waals surface area contributed by atoms with Crippen molar-refractivity contribution >= 4 is 10.2 Å². The molecule has 0 spiro atoms. The lowest BCUT2D eigenvalue weighted by Crippen LogP contribution is -2.14. The van der Waals surface area contributed by atoms with Crippen molar-refractivity contribution in [1.29, 1.82) is 0 Å². The topological polar surface area (TPSA) is 34.1 Å². The molecule has 0 aliphatic rings. The van der Waals surface area contributed by atoms with Crippen molar-refractivity contribution in [3.8, 4) is 0 Å². The fraction of sp³-hybridized carbons (Fsp3) is 1.00. The van der Waals surface area contributed by atoms with Crippen molar-refractivity contribution in [2.24, 2.45) is 5.92 Å². The Morgan fingerprint density at radius 1 is 1.30 bits per heavy atom. The first-order chi connectivity index (χ1) is 4.34. The monoisotopic (exact) mass is 168 g/mol.